The molecule has 0 aliphatic carbocycles. The first kappa shape index (κ1) is 21.3. The summed E-state index contributed by atoms with van der Waals surface area (Å²) in [6.07, 6.45) is 5.27. The smallest absolute Gasteiger partial charge is 0.238 e. The molecule has 9 nitrogen and oxygen atoms in total. The van der Waals surface area contributed by atoms with Gasteiger partial charge in [0.25, 0.3) is 0 Å². The van der Waals surface area contributed by atoms with Gasteiger partial charge in [-0.15, -0.1) is 10.2 Å². The second kappa shape index (κ2) is 9.14. The first-order chi connectivity index (χ1) is 16.5. The zero-order chi connectivity index (χ0) is 23.5. The third-order valence-corrected chi connectivity index (χ3v) is 5.58. The molecule has 170 valence electrons. The highest BCUT2D eigenvalue weighted by molar-refractivity contribution is 6.03. The minimum atomic E-state index is -0.408. The first-order valence-corrected chi connectivity index (χ1v) is 10.8. The van der Waals surface area contributed by atoms with E-state index in [1.165, 1.54) is 0 Å². The monoisotopic (exact) mass is 454 g/mol. The number of carbonyl (C=O) groups excluding carboxylic acids is 2. The number of benzene rings is 2. The third kappa shape index (κ3) is 4.63. The summed E-state index contributed by atoms with van der Waals surface area (Å²) in [6, 6.07) is 18.2. The summed E-state index contributed by atoms with van der Waals surface area (Å²) < 4.78 is 7.48. The number of hydrogen-bond acceptors (Lipinski definition) is 6. The molecule has 5 rings (SSSR count). The maximum atomic E-state index is 12.8. The highest BCUT2D eigenvalue weighted by Crippen LogP contribution is 2.27. The maximum absolute atomic E-state index is 12.8. The molecule has 0 radical (unpaired) electrons. The van der Waals surface area contributed by atoms with Crippen molar-refractivity contribution in [3.8, 4) is 17.4 Å². The number of nitrogens with one attached hydrogen (secondary N) is 1. The lowest BCUT2D eigenvalue weighted by atomic mass is 10.1. The van der Waals surface area contributed by atoms with Crippen molar-refractivity contribution in [1.29, 1.82) is 0 Å². The molecule has 1 unspecified atom stereocenters. The van der Waals surface area contributed by atoms with Crippen LogP contribution in [0.1, 0.15) is 12.0 Å². The van der Waals surface area contributed by atoms with Gasteiger partial charge in [0.1, 0.15) is 12.1 Å². The van der Waals surface area contributed by atoms with E-state index >= 15 is 0 Å². The van der Waals surface area contributed by atoms with Crippen LogP contribution >= 0.6 is 0 Å². The van der Waals surface area contributed by atoms with Crippen LogP contribution in [0.3, 0.4) is 0 Å². The molecule has 0 bridgehead atoms. The molecule has 1 saturated heterocycles. The highest BCUT2D eigenvalue weighted by atomic mass is 16.5. The Balaban J connectivity index is 1.18. The lowest BCUT2D eigenvalue weighted by molar-refractivity contribution is -0.122. The molecule has 0 saturated carbocycles. The molecule has 1 fully saturated rings. The van der Waals surface area contributed by atoms with Crippen LogP contribution in [0.5, 0.6) is 11.6 Å². The number of carbonyl (C=O) groups is 2. The SMILES string of the molecule is Cc1ccc(N2CC(C(=O)Nc3ccc(Oc4ccc(-n5ccnc5)nn4)cc3)CC2=O)cc1. The van der Waals surface area contributed by atoms with Crippen molar-refractivity contribution in [1.82, 2.24) is 19.7 Å². The van der Waals surface area contributed by atoms with Gasteiger partial charge in [-0.2, -0.15) is 0 Å². The Morgan fingerprint density at radius 1 is 1.03 bits per heavy atom. The predicted molar refractivity (Wildman–Crippen MR) is 126 cm³/mol. The average Bonchev–Trinajstić information content (AvgIpc) is 3.52. The molecule has 9 heteroatoms. The van der Waals surface area contributed by atoms with Gasteiger partial charge in [0, 0.05) is 42.8 Å². The largest absolute Gasteiger partial charge is 0.438 e. The number of nitrogens with zero attached hydrogens (tertiary/aromatic N) is 5. The summed E-state index contributed by atoms with van der Waals surface area (Å²) in [5, 5.41) is 11.1. The summed E-state index contributed by atoms with van der Waals surface area (Å²) in [6.45, 7) is 2.36. The van der Waals surface area contributed by atoms with Crippen molar-refractivity contribution in [2.24, 2.45) is 5.92 Å². The van der Waals surface area contributed by atoms with Crippen LogP contribution < -0.4 is 15.0 Å². The van der Waals surface area contributed by atoms with E-state index in [0.29, 0.717) is 29.7 Å². The predicted octanol–water partition coefficient (Wildman–Crippen LogP) is 3.75. The van der Waals surface area contributed by atoms with Gasteiger partial charge >= 0.3 is 0 Å². The Hall–Kier alpha value is -4.53. The van der Waals surface area contributed by atoms with Gasteiger partial charge in [-0.1, -0.05) is 17.7 Å². The zero-order valence-electron chi connectivity index (χ0n) is 18.5. The van der Waals surface area contributed by atoms with Gasteiger partial charge in [-0.3, -0.25) is 14.2 Å². The molecule has 1 aliphatic heterocycles. The van der Waals surface area contributed by atoms with Gasteiger partial charge in [-0.05, 0) is 49.4 Å². The fourth-order valence-corrected chi connectivity index (χ4v) is 3.73. The lowest BCUT2D eigenvalue weighted by Gasteiger charge is -2.17. The minimum absolute atomic E-state index is 0.0482. The van der Waals surface area contributed by atoms with Crippen molar-refractivity contribution in [3.05, 3.63) is 84.9 Å². The quantitative estimate of drug-likeness (QED) is 0.476. The van der Waals surface area contributed by atoms with E-state index in [0.717, 1.165) is 11.3 Å². The molecule has 2 amide bonds. The third-order valence-electron chi connectivity index (χ3n) is 5.58. The molecule has 3 heterocycles. The summed E-state index contributed by atoms with van der Waals surface area (Å²) in [4.78, 5) is 30.8. The molecule has 2 aromatic heterocycles. The number of aryl methyl sites for hydroxylation is 1. The second-order valence-corrected chi connectivity index (χ2v) is 8.06. The van der Waals surface area contributed by atoms with E-state index in [-0.39, 0.29) is 18.2 Å². The summed E-state index contributed by atoms with van der Waals surface area (Å²) in [5.74, 6) is 0.902. The van der Waals surface area contributed by atoms with E-state index in [9.17, 15) is 9.59 Å². The number of rotatable bonds is 6. The Labute approximate surface area is 196 Å². The van der Waals surface area contributed by atoms with Crippen LogP contribution in [0.25, 0.3) is 5.82 Å². The summed E-state index contributed by atoms with van der Waals surface area (Å²) >= 11 is 0. The van der Waals surface area contributed by atoms with Crippen molar-refractivity contribution >= 4 is 23.2 Å². The Kier molecular flexibility index (Phi) is 5.73. The number of hydrogen-bond donors (Lipinski definition) is 1. The second-order valence-electron chi connectivity index (χ2n) is 8.06. The Morgan fingerprint density at radius 3 is 2.50 bits per heavy atom. The molecule has 2 aromatic carbocycles. The van der Waals surface area contributed by atoms with Crippen LogP contribution in [0.15, 0.2) is 79.4 Å². The molecule has 1 aliphatic rings. The fraction of sp³-hybridized carbons (Fsp3) is 0.160. The van der Waals surface area contributed by atoms with Crippen LogP contribution in [0.4, 0.5) is 11.4 Å². The van der Waals surface area contributed by atoms with Gasteiger partial charge in [-0.25, -0.2) is 4.98 Å². The molecule has 4 aromatic rings. The number of aromatic nitrogens is 4. The number of amides is 2. The van der Waals surface area contributed by atoms with Crippen LogP contribution in [-0.2, 0) is 9.59 Å². The highest BCUT2D eigenvalue weighted by Gasteiger charge is 2.35. The van der Waals surface area contributed by atoms with E-state index < -0.39 is 5.92 Å². The van der Waals surface area contributed by atoms with Gasteiger partial charge in [0.05, 0.1) is 5.92 Å². The van der Waals surface area contributed by atoms with Crippen molar-refractivity contribution in [2.45, 2.75) is 13.3 Å². The standard InChI is InChI=1S/C25H22N6O3/c1-17-2-6-20(7-3-17)31-15-18(14-24(31)32)25(33)27-19-4-8-21(9-5-19)34-23-11-10-22(28-29-23)30-13-12-26-16-30/h2-13,16,18H,14-15H2,1H3,(H,27,33). The number of ether oxygens (including phenoxy) is 1. The zero-order valence-corrected chi connectivity index (χ0v) is 18.5. The molecule has 1 N–H and O–H groups in total. The van der Waals surface area contributed by atoms with Crippen LogP contribution in [-0.4, -0.2) is 38.1 Å². The fourth-order valence-electron chi connectivity index (χ4n) is 3.73. The number of imidazole rings is 1. The molecule has 34 heavy (non-hydrogen) atoms. The summed E-state index contributed by atoms with van der Waals surface area (Å²) in [7, 11) is 0. The average molecular weight is 454 g/mol. The van der Waals surface area contributed by atoms with Crippen molar-refractivity contribution in [2.75, 3.05) is 16.8 Å². The van der Waals surface area contributed by atoms with E-state index in [4.69, 9.17) is 4.74 Å². The molecular weight excluding hydrogens is 432 g/mol. The van der Waals surface area contributed by atoms with Crippen molar-refractivity contribution in [3.63, 3.8) is 0 Å². The van der Waals surface area contributed by atoms with Crippen molar-refractivity contribution < 1.29 is 14.3 Å². The topological polar surface area (TPSA) is 102 Å². The van der Waals surface area contributed by atoms with Crippen LogP contribution in [0, 0.1) is 12.8 Å². The lowest BCUT2D eigenvalue weighted by Crippen LogP contribution is -2.28. The molecule has 0 spiro atoms. The molecule has 1 atom stereocenters. The Bertz CT molecular complexity index is 1290. The van der Waals surface area contributed by atoms with E-state index in [2.05, 4.69) is 20.5 Å². The van der Waals surface area contributed by atoms with Gasteiger partial charge in [0.15, 0.2) is 5.82 Å². The Morgan fingerprint density at radius 2 is 1.82 bits per heavy atom. The van der Waals surface area contributed by atoms with E-state index in [1.807, 2.05) is 31.2 Å². The first-order valence-electron chi connectivity index (χ1n) is 10.8. The van der Waals surface area contributed by atoms with Gasteiger partial charge < -0.3 is 15.0 Å². The normalized spacial score (nSPS) is 15.4. The van der Waals surface area contributed by atoms with E-state index in [1.54, 1.807) is 64.6 Å². The van der Waals surface area contributed by atoms with Crippen LogP contribution in [0.2, 0.25) is 0 Å². The minimum Gasteiger partial charge on any atom is -0.438 e. The number of anilines is 2. The maximum Gasteiger partial charge on any atom is 0.238 e. The van der Waals surface area contributed by atoms with Gasteiger partial charge in [0.2, 0.25) is 17.7 Å². The summed E-state index contributed by atoms with van der Waals surface area (Å²) in [5.41, 5.74) is 2.56. The molecular formula is C25H22N6O3.